The summed E-state index contributed by atoms with van der Waals surface area (Å²) in [5.74, 6) is -0.540. The molecule has 0 bridgehead atoms. The van der Waals surface area contributed by atoms with Gasteiger partial charge in [0.2, 0.25) is 5.91 Å². The highest BCUT2D eigenvalue weighted by atomic mass is 31.2. The van der Waals surface area contributed by atoms with E-state index in [1.54, 1.807) is 0 Å². The minimum absolute atomic E-state index is 0.0326. The molecule has 10 heteroatoms. The van der Waals surface area contributed by atoms with Crippen LogP contribution in [0.5, 0.6) is 0 Å². The van der Waals surface area contributed by atoms with Crippen molar-refractivity contribution in [1.82, 2.24) is 5.32 Å². The normalized spacial score (nSPS) is 14.1. The number of hydrogen-bond donors (Lipinski definition) is 2. The highest BCUT2D eigenvalue weighted by Crippen LogP contribution is 2.43. The van der Waals surface area contributed by atoms with Gasteiger partial charge in [-0.15, -0.1) is 0 Å². The lowest BCUT2D eigenvalue weighted by atomic mass is 10.0. The average molecular weight is 1090 g/mol. The third-order valence-electron chi connectivity index (χ3n) is 13.9. The van der Waals surface area contributed by atoms with Crippen molar-refractivity contribution >= 4 is 19.7 Å². The van der Waals surface area contributed by atoms with Crippen molar-refractivity contribution in [3.63, 3.8) is 0 Å². The minimum atomic E-state index is -4.46. The van der Waals surface area contributed by atoms with E-state index in [-0.39, 0.29) is 31.5 Å². The van der Waals surface area contributed by atoms with Gasteiger partial charge in [-0.25, -0.2) is 4.57 Å². The smallest absolute Gasteiger partial charge is 0.456 e. The molecule has 0 fully saturated rings. The van der Waals surface area contributed by atoms with Crippen molar-refractivity contribution in [2.45, 2.75) is 296 Å². The van der Waals surface area contributed by atoms with E-state index in [0.29, 0.717) is 23.9 Å². The Labute approximate surface area is 470 Å². The van der Waals surface area contributed by atoms with E-state index in [1.807, 2.05) is 33.3 Å². The molecule has 0 saturated carbocycles. The third kappa shape index (κ3) is 56.2. The molecule has 0 aromatic heterocycles. The third-order valence-corrected chi connectivity index (χ3v) is 14.9. The molecule has 0 aliphatic carbocycles. The summed E-state index contributed by atoms with van der Waals surface area (Å²) in [6, 6.07) is -0.865. The SMILES string of the molecule is CCCCC/C=C\C/C=C\C/C=C\C/C=C\CCCCCC(=O)OC(/C=C/CCCCCCCCCCCC)C(COP(=O)(O)OCC[N+](C)(C)C)NC(=O)CCCCCCCCCCC/C=C/CCCCCCCC. The molecular formula is C66H122N2O7P+. The molecule has 2 N–H and O–H groups in total. The zero-order valence-corrected chi connectivity index (χ0v) is 51.4. The van der Waals surface area contributed by atoms with E-state index in [4.69, 9.17) is 13.8 Å². The molecule has 0 aliphatic rings. The number of allylic oxidation sites excluding steroid dienone is 11. The second kappa shape index (κ2) is 55.8. The molecule has 0 radical (unpaired) electrons. The van der Waals surface area contributed by atoms with Gasteiger partial charge in [0.05, 0.1) is 33.8 Å². The summed E-state index contributed by atoms with van der Waals surface area (Å²) in [7, 11) is 1.47. The second-order valence-electron chi connectivity index (χ2n) is 22.6. The Morgan fingerprint density at radius 1 is 0.461 bits per heavy atom. The molecule has 0 heterocycles. The zero-order valence-electron chi connectivity index (χ0n) is 50.5. The van der Waals surface area contributed by atoms with Gasteiger partial charge in [0, 0.05) is 12.8 Å². The number of amides is 1. The lowest BCUT2D eigenvalue weighted by molar-refractivity contribution is -0.870. The van der Waals surface area contributed by atoms with Crippen LogP contribution in [-0.4, -0.2) is 74.3 Å². The molecule has 1 amide bonds. The second-order valence-corrected chi connectivity index (χ2v) is 24.0. The van der Waals surface area contributed by atoms with Crippen LogP contribution >= 0.6 is 7.82 Å². The van der Waals surface area contributed by atoms with Gasteiger partial charge in [-0.05, 0) is 102 Å². The van der Waals surface area contributed by atoms with E-state index < -0.39 is 20.0 Å². The van der Waals surface area contributed by atoms with Gasteiger partial charge in [-0.1, -0.05) is 242 Å². The van der Waals surface area contributed by atoms with Crippen LogP contribution < -0.4 is 5.32 Å². The first-order valence-electron chi connectivity index (χ1n) is 31.8. The molecule has 3 atom stereocenters. The Morgan fingerprint density at radius 2 is 0.803 bits per heavy atom. The molecular weight excluding hydrogens is 964 g/mol. The maximum absolute atomic E-state index is 13.6. The molecule has 442 valence electrons. The number of phosphoric acid groups is 1. The molecule has 0 aromatic carbocycles. The first kappa shape index (κ1) is 73.5. The standard InChI is InChI=1S/C66H121N2O7P/c1-7-10-13-16-19-22-25-28-30-32-34-36-38-40-43-46-49-52-55-58-65(69)67-63(62-74-76(71,72)73-61-60-68(4,5)6)64(57-54-51-48-45-42-27-24-21-18-15-12-9-3)75-66(70)59-56-53-50-47-44-41-39-37-35-33-31-29-26-23-20-17-14-11-8-2/h20,23,28-31,35,37,41,44,54,57,63-64H,7-19,21-22,24-27,32-34,36,38-40,42-43,45-53,55-56,58-62H2,1-6H3,(H-,67,69,71,72)/p+1/b23-20-,30-28+,31-29-,37-35-,44-41-,57-54+. The van der Waals surface area contributed by atoms with E-state index in [0.717, 1.165) is 77.0 Å². The maximum atomic E-state index is 13.6. The lowest BCUT2D eigenvalue weighted by Crippen LogP contribution is -2.47. The molecule has 0 aliphatic heterocycles. The molecule has 9 nitrogen and oxygen atoms in total. The number of phosphoric ester groups is 1. The van der Waals surface area contributed by atoms with Gasteiger partial charge in [0.1, 0.15) is 19.3 Å². The molecule has 3 unspecified atom stereocenters. The summed E-state index contributed by atoms with van der Waals surface area (Å²) in [6.45, 7) is 6.97. The van der Waals surface area contributed by atoms with Crippen LogP contribution in [0.15, 0.2) is 72.9 Å². The predicted molar refractivity (Wildman–Crippen MR) is 328 cm³/mol. The van der Waals surface area contributed by atoms with Crippen LogP contribution in [0, 0.1) is 0 Å². The highest BCUT2D eigenvalue weighted by molar-refractivity contribution is 7.47. The number of carbonyl (C=O) groups excluding carboxylic acids is 2. The van der Waals surface area contributed by atoms with Crippen molar-refractivity contribution in [2.24, 2.45) is 0 Å². The number of ether oxygens (including phenoxy) is 1. The Hall–Kier alpha value is -2.55. The van der Waals surface area contributed by atoms with Crippen LogP contribution in [0.25, 0.3) is 0 Å². The number of quaternary nitrogens is 1. The van der Waals surface area contributed by atoms with Crippen molar-refractivity contribution in [2.75, 3.05) is 40.9 Å². The zero-order chi connectivity index (χ0) is 55.7. The summed E-state index contributed by atoms with van der Waals surface area (Å²) in [4.78, 5) is 37.7. The van der Waals surface area contributed by atoms with Crippen molar-refractivity contribution in [3.05, 3.63) is 72.9 Å². The number of rotatable bonds is 57. The molecule has 0 spiro atoms. The summed E-state index contributed by atoms with van der Waals surface area (Å²) in [5.41, 5.74) is 0. The van der Waals surface area contributed by atoms with E-state index >= 15 is 0 Å². The number of carbonyl (C=O) groups is 2. The Kier molecular flexibility index (Phi) is 53.9. The fraction of sp³-hybridized carbons (Fsp3) is 0.788. The summed E-state index contributed by atoms with van der Waals surface area (Å²) < 4.78 is 30.7. The predicted octanol–water partition coefficient (Wildman–Crippen LogP) is 19.6. The van der Waals surface area contributed by atoms with E-state index in [2.05, 4.69) is 86.8 Å². The molecule has 0 rings (SSSR count). The van der Waals surface area contributed by atoms with Crippen molar-refractivity contribution < 1.29 is 37.3 Å². The van der Waals surface area contributed by atoms with Gasteiger partial charge in [0.25, 0.3) is 0 Å². The Morgan fingerprint density at radius 3 is 1.25 bits per heavy atom. The van der Waals surface area contributed by atoms with Crippen molar-refractivity contribution in [3.8, 4) is 0 Å². The van der Waals surface area contributed by atoms with Gasteiger partial charge in [-0.2, -0.15) is 0 Å². The van der Waals surface area contributed by atoms with Gasteiger partial charge in [0.15, 0.2) is 0 Å². The van der Waals surface area contributed by atoms with Crippen LogP contribution in [0.2, 0.25) is 0 Å². The van der Waals surface area contributed by atoms with Crippen LogP contribution in [0.1, 0.15) is 284 Å². The monoisotopic (exact) mass is 1090 g/mol. The first-order chi connectivity index (χ1) is 36.9. The van der Waals surface area contributed by atoms with Gasteiger partial charge in [-0.3, -0.25) is 18.6 Å². The summed E-state index contributed by atoms with van der Waals surface area (Å²) >= 11 is 0. The number of likely N-dealkylation sites (N-methyl/N-ethyl adjacent to an activating group) is 1. The number of hydrogen-bond acceptors (Lipinski definition) is 6. The fourth-order valence-corrected chi connectivity index (χ4v) is 9.65. The van der Waals surface area contributed by atoms with Crippen LogP contribution in [-0.2, 0) is 27.9 Å². The lowest BCUT2D eigenvalue weighted by Gasteiger charge is -2.27. The Balaban J connectivity index is 5.30. The first-order valence-corrected chi connectivity index (χ1v) is 33.3. The van der Waals surface area contributed by atoms with Gasteiger partial charge >= 0.3 is 13.8 Å². The quantitative estimate of drug-likeness (QED) is 0.0205. The fourth-order valence-electron chi connectivity index (χ4n) is 8.92. The number of unbranched alkanes of at least 4 members (excludes halogenated alkanes) is 31. The minimum Gasteiger partial charge on any atom is -0.456 e. The summed E-state index contributed by atoms with van der Waals surface area (Å²) in [5, 5.41) is 3.05. The molecule has 0 aromatic rings. The highest BCUT2D eigenvalue weighted by Gasteiger charge is 2.30. The van der Waals surface area contributed by atoms with Crippen LogP contribution in [0.3, 0.4) is 0 Å². The van der Waals surface area contributed by atoms with E-state index in [1.165, 1.54) is 167 Å². The van der Waals surface area contributed by atoms with E-state index in [9.17, 15) is 19.0 Å². The summed E-state index contributed by atoms with van der Waals surface area (Å²) in [6.07, 6.45) is 71.8. The largest absolute Gasteiger partial charge is 0.472 e. The van der Waals surface area contributed by atoms with Gasteiger partial charge < -0.3 is 19.4 Å². The van der Waals surface area contributed by atoms with Crippen LogP contribution in [0.4, 0.5) is 0 Å². The topological polar surface area (TPSA) is 111 Å². The van der Waals surface area contributed by atoms with Crippen molar-refractivity contribution in [1.29, 1.82) is 0 Å². The molecule has 0 saturated heterocycles. The maximum Gasteiger partial charge on any atom is 0.472 e. The molecule has 76 heavy (non-hydrogen) atoms. The Bertz CT molecular complexity index is 1530. The number of esters is 1. The number of nitrogens with zero attached hydrogens (tertiary/aromatic N) is 1. The average Bonchev–Trinajstić information content (AvgIpc) is 3.38. The number of nitrogens with one attached hydrogen (secondary N) is 1.